The van der Waals surface area contributed by atoms with Gasteiger partial charge in [-0.2, -0.15) is 13.2 Å². The number of nitrogens with zero attached hydrogens (tertiary/aromatic N) is 1. The van der Waals surface area contributed by atoms with E-state index in [1.54, 1.807) is 0 Å². The van der Waals surface area contributed by atoms with E-state index < -0.39 is 32.4 Å². The zero-order valence-corrected chi connectivity index (χ0v) is 14.7. The van der Waals surface area contributed by atoms with Gasteiger partial charge in [0.05, 0.1) is 16.2 Å². The van der Waals surface area contributed by atoms with Gasteiger partial charge in [-0.05, 0) is 23.8 Å². The summed E-state index contributed by atoms with van der Waals surface area (Å²) in [5, 5.41) is 13.4. The summed E-state index contributed by atoms with van der Waals surface area (Å²) < 4.78 is 64.3. The number of alkyl halides is 3. The van der Waals surface area contributed by atoms with Gasteiger partial charge < -0.3 is 5.32 Å². The van der Waals surface area contributed by atoms with Crippen molar-refractivity contribution in [1.29, 1.82) is 0 Å². The summed E-state index contributed by atoms with van der Waals surface area (Å²) in [6.45, 7) is 0.192. The Bertz CT molecular complexity index is 900. The lowest BCUT2D eigenvalue weighted by Crippen LogP contribution is -2.30. The van der Waals surface area contributed by atoms with E-state index in [1.807, 2.05) is 0 Å². The van der Waals surface area contributed by atoms with Gasteiger partial charge in [-0.1, -0.05) is 18.2 Å². The molecule has 0 spiro atoms. The molecule has 0 radical (unpaired) electrons. The number of nitro benzene ring substituents is 1. The van der Waals surface area contributed by atoms with Crippen LogP contribution in [0, 0.1) is 10.1 Å². The topological polar surface area (TPSA) is 101 Å². The quantitative estimate of drug-likeness (QED) is 0.401. The van der Waals surface area contributed by atoms with Crippen molar-refractivity contribution in [3.8, 4) is 0 Å². The zero-order chi connectivity index (χ0) is 20.1. The summed E-state index contributed by atoms with van der Waals surface area (Å²) in [4.78, 5) is 10.0. The van der Waals surface area contributed by atoms with Gasteiger partial charge in [-0.15, -0.1) is 0 Å². The van der Waals surface area contributed by atoms with Crippen molar-refractivity contribution < 1.29 is 26.5 Å². The van der Waals surface area contributed by atoms with Crippen LogP contribution in [0.2, 0.25) is 0 Å². The van der Waals surface area contributed by atoms with E-state index in [9.17, 15) is 31.7 Å². The fourth-order valence-electron chi connectivity index (χ4n) is 2.22. The molecule has 0 aliphatic carbocycles. The minimum Gasteiger partial charge on any atom is -0.384 e. The van der Waals surface area contributed by atoms with Crippen LogP contribution in [-0.2, 0) is 22.0 Å². The monoisotopic (exact) mass is 403 g/mol. The van der Waals surface area contributed by atoms with Crippen LogP contribution in [0.4, 0.5) is 24.5 Å². The van der Waals surface area contributed by atoms with Crippen LogP contribution < -0.4 is 10.0 Å². The predicted molar refractivity (Wildman–Crippen MR) is 93.7 cm³/mol. The molecule has 2 N–H and O–H groups in total. The molecule has 0 aliphatic rings. The van der Waals surface area contributed by atoms with Gasteiger partial charge >= 0.3 is 6.18 Å². The van der Waals surface area contributed by atoms with Crippen LogP contribution in [0.3, 0.4) is 0 Å². The molecule has 0 fully saturated rings. The van der Waals surface area contributed by atoms with Gasteiger partial charge in [-0.25, -0.2) is 13.1 Å². The number of hydrogen-bond acceptors (Lipinski definition) is 5. The van der Waals surface area contributed by atoms with E-state index in [0.29, 0.717) is 5.69 Å². The van der Waals surface area contributed by atoms with E-state index in [-0.39, 0.29) is 24.3 Å². The SMILES string of the molecule is O=[N+]([O-])c1ccc(NCCNS(=O)(=O)Cc2cccc(C(F)(F)F)c2)cc1. The minimum atomic E-state index is -4.54. The van der Waals surface area contributed by atoms with Crippen molar-refractivity contribution in [2.75, 3.05) is 18.4 Å². The number of nitro groups is 1. The fraction of sp³-hybridized carbons (Fsp3) is 0.250. The smallest absolute Gasteiger partial charge is 0.384 e. The highest BCUT2D eigenvalue weighted by Crippen LogP contribution is 2.29. The van der Waals surface area contributed by atoms with Crippen LogP contribution in [0.25, 0.3) is 0 Å². The minimum absolute atomic E-state index is 0.00170. The number of halogens is 3. The second kappa shape index (κ2) is 8.35. The molecule has 146 valence electrons. The van der Waals surface area contributed by atoms with Crippen molar-refractivity contribution in [1.82, 2.24) is 4.72 Å². The molecule has 2 rings (SSSR count). The molecule has 7 nitrogen and oxygen atoms in total. The lowest BCUT2D eigenvalue weighted by Gasteiger charge is -2.11. The highest BCUT2D eigenvalue weighted by Gasteiger charge is 2.30. The molecular formula is C16H16F3N3O4S. The number of sulfonamides is 1. The molecule has 0 aliphatic heterocycles. The second-order valence-electron chi connectivity index (χ2n) is 5.58. The third-order valence-electron chi connectivity index (χ3n) is 3.47. The van der Waals surface area contributed by atoms with Gasteiger partial charge in [0.1, 0.15) is 0 Å². The molecule has 0 unspecified atom stereocenters. The summed E-state index contributed by atoms with van der Waals surface area (Å²) in [6, 6.07) is 9.71. The van der Waals surface area contributed by atoms with Crippen LogP contribution in [0.15, 0.2) is 48.5 Å². The van der Waals surface area contributed by atoms with Gasteiger partial charge in [0.2, 0.25) is 10.0 Å². The first kappa shape index (κ1) is 20.6. The summed E-state index contributed by atoms with van der Waals surface area (Å²) in [6.07, 6.45) is -4.54. The van der Waals surface area contributed by atoms with Gasteiger partial charge in [0.15, 0.2) is 0 Å². The summed E-state index contributed by atoms with van der Waals surface area (Å²) >= 11 is 0. The maximum Gasteiger partial charge on any atom is 0.416 e. The van der Waals surface area contributed by atoms with Crippen LogP contribution in [-0.4, -0.2) is 26.4 Å². The number of hydrogen-bond donors (Lipinski definition) is 2. The van der Waals surface area contributed by atoms with Crippen molar-refractivity contribution in [2.45, 2.75) is 11.9 Å². The van der Waals surface area contributed by atoms with Gasteiger partial charge in [0.25, 0.3) is 5.69 Å². The van der Waals surface area contributed by atoms with Crippen molar-refractivity contribution >= 4 is 21.4 Å². The first-order chi connectivity index (χ1) is 12.6. The lowest BCUT2D eigenvalue weighted by molar-refractivity contribution is -0.384. The zero-order valence-electron chi connectivity index (χ0n) is 13.9. The molecule has 27 heavy (non-hydrogen) atoms. The Labute approximate surface area is 153 Å². The Morgan fingerprint density at radius 3 is 2.30 bits per heavy atom. The average molecular weight is 403 g/mol. The van der Waals surface area contributed by atoms with Crippen LogP contribution in [0.1, 0.15) is 11.1 Å². The molecule has 0 aromatic heterocycles. The van der Waals surface area contributed by atoms with Crippen molar-refractivity contribution in [2.24, 2.45) is 0 Å². The van der Waals surface area contributed by atoms with Crippen LogP contribution in [0.5, 0.6) is 0 Å². The highest BCUT2D eigenvalue weighted by molar-refractivity contribution is 7.88. The lowest BCUT2D eigenvalue weighted by atomic mass is 10.1. The summed E-state index contributed by atoms with van der Waals surface area (Å²) in [5.74, 6) is -0.575. The molecule has 0 heterocycles. The maximum atomic E-state index is 12.7. The Morgan fingerprint density at radius 2 is 1.70 bits per heavy atom. The number of non-ortho nitro benzene ring substituents is 1. The number of anilines is 1. The molecule has 0 atom stereocenters. The third kappa shape index (κ3) is 6.53. The Kier molecular flexibility index (Phi) is 6.39. The van der Waals surface area contributed by atoms with Crippen molar-refractivity contribution in [3.05, 3.63) is 69.8 Å². The molecule has 2 aromatic rings. The summed E-state index contributed by atoms with van der Waals surface area (Å²) in [5.41, 5.74) is -0.379. The molecule has 0 saturated carbocycles. The van der Waals surface area contributed by atoms with E-state index in [2.05, 4.69) is 10.0 Å². The van der Waals surface area contributed by atoms with Crippen molar-refractivity contribution in [3.63, 3.8) is 0 Å². The largest absolute Gasteiger partial charge is 0.416 e. The van der Waals surface area contributed by atoms with Gasteiger partial charge in [-0.3, -0.25) is 10.1 Å². The van der Waals surface area contributed by atoms with E-state index in [4.69, 9.17) is 0 Å². The van der Waals surface area contributed by atoms with Crippen LogP contribution >= 0.6 is 0 Å². The molecule has 2 aromatic carbocycles. The van der Waals surface area contributed by atoms with E-state index in [0.717, 1.165) is 18.2 Å². The summed E-state index contributed by atoms with van der Waals surface area (Å²) in [7, 11) is -3.82. The molecule has 0 bridgehead atoms. The maximum absolute atomic E-state index is 12.7. The number of nitrogens with one attached hydrogen (secondary N) is 2. The number of rotatable bonds is 8. The second-order valence-corrected chi connectivity index (χ2v) is 7.39. The molecule has 0 amide bonds. The molecule has 11 heteroatoms. The predicted octanol–water partition coefficient (Wildman–Crippen LogP) is 3.15. The number of benzene rings is 2. The molecule has 0 saturated heterocycles. The normalized spacial score (nSPS) is 12.0. The van der Waals surface area contributed by atoms with E-state index in [1.165, 1.54) is 30.3 Å². The Hall–Kier alpha value is -2.66. The first-order valence-corrected chi connectivity index (χ1v) is 9.34. The Balaban J connectivity index is 1.85. The molecular weight excluding hydrogens is 387 g/mol. The van der Waals surface area contributed by atoms with E-state index >= 15 is 0 Å². The first-order valence-electron chi connectivity index (χ1n) is 7.69. The van der Waals surface area contributed by atoms with Gasteiger partial charge in [0, 0.05) is 30.9 Å². The standard InChI is InChI=1S/C16H16F3N3O4S/c17-16(18,19)13-3-1-2-12(10-13)11-27(25,26)21-9-8-20-14-4-6-15(7-5-14)22(23)24/h1-7,10,20-21H,8-9,11H2. The average Bonchev–Trinajstić information content (AvgIpc) is 2.58. The Morgan fingerprint density at radius 1 is 1.04 bits per heavy atom. The fourth-order valence-corrected chi connectivity index (χ4v) is 3.36. The third-order valence-corrected chi connectivity index (χ3v) is 4.82. The highest BCUT2D eigenvalue weighted by atomic mass is 32.2.